The lowest BCUT2D eigenvalue weighted by atomic mass is 10.1. The Morgan fingerprint density at radius 3 is 2.20 bits per heavy atom. The van der Waals surface area contributed by atoms with E-state index >= 15 is 0 Å². The van der Waals surface area contributed by atoms with Gasteiger partial charge in [-0.05, 0) is 23.3 Å². The third kappa shape index (κ3) is 6.05. The van der Waals surface area contributed by atoms with E-state index < -0.39 is 5.91 Å². The fourth-order valence-electron chi connectivity index (χ4n) is 2.74. The summed E-state index contributed by atoms with van der Waals surface area (Å²) in [6.45, 7) is 4.02. The zero-order chi connectivity index (χ0) is 21.2. The number of nitrogens with one attached hydrogen (secondary N) is 3. The highest BCUT2D eigenvalue weighted by Crippen LogP contribution is 2.15. The minimum atomic E-state index is -0.397. The highest BCUT2D eigenvalue weighted by molar-refractivity contribution is 6.03. The number of para-hydroxylation sites is 1. The van der Waals surface area contributed by atoms with E-state index in [-0.39, 0.29) is 12.5 Å². The van der Waals surface area contributed by atoms with E-state index in [1.165, 1.54) is 0 Å². The number of rotatable bonds is 9. The molecule has 30 heavy (non-hydrogen) atoms. The monoisotopic (exact) mass is 401 g/mol. The molecule has 0 radical (unpaired) electrons. The molecule has 0 bridgehead atoms. The SMILES string of the molecule is C=C(NOCC(=O)Nc1ccccc1C(=O)NCc1ccccc1)c1ccccc1. The van der Waals surface area contributed by atoms with Gasteiger partial charge in [0.1, 0.15) is 0 Å². The molecule has 0 atom stereocenters. The van der Waals surface area contributed by atoms with Gasteiger partial charge in [0.05, 0.1) is 16.9 Å². The normalized spacial score (nSPS) is 10.1. The Bertz CT molecular complexity index is 1000. The number of benzene rings is 3. The summed E-state index contributed by atoms with van der Waals surface area (Å²) in [5.41, 5.74) is 5.85. The van der Waals surface area contributed by atoms with Crippen molar-refractivity contribution in [1.29, 1.82) is 0 Å². The van der Waals surface area contributed by atoms with Crippen LogP contribution in [0.4, 0.5) is 5.69 Å². The number of hydrogen-bond donors (Lipinski definition) is 3. The first kappa shape index (κ1) is 20.8. The van der Waals surface area contributed by atoms with Crippen LogP contribution in [-0.2, 0) is 16.2 Å². The molecule has 0 aliphatic rings. The first-order chi connectivity index (χ1) is 14.6. The van der Waals surface area contributed by atoms with Crippen LogP contribution in [0.2, 0.25) is 0 Å². The first-order valence-corrected chi connectivity index (χ1v) is 9.46. The highest BCUT2D eigenvalue weighted by atomic mass is 16.6. The third-order valence-corrected chi connectivity index (χ3v) is 4.26. The van der Waals surface area contributed by atoms with Crippen molar-refractivity contribution >= 4 is 23.2 Å². The Hall–Kier alpha value is -3.90. The van der Waals surface area contributed by atoms with Crippen LogP contribution in [0.25, 0.3) is 5.70 Å². The van der Waals surface area contributed by atoms with Crippen LogP contribution in [0.3, 0.4) is 0 Å². The van der Waals surface area contributed by atoms with Gasteiger partial charge in [-0.3, -0.25) is 19.9 Å². The molecule has 0 saturated heterocycles. The van der Waals surface area contributed by atoms with Crippen LogP contribution in [0.1, 0.15) is 21.5 Å². The molecule has 0 aliphatic carbocycles. The summed E-state index contributed by atoms with van der Waals surface area (Å²) in [6.07, 6.45) is 0. The minimum Gasteiger partial charge on any atom is -0.348 e. The van der Waals surface area contributed by atoms with E-state index in [2.05, 4.69) is 22.7 Å². The average molecular weight is 401 g/mol. The molecule has 3 aromatic rings. The van der Waals surface area contributed by atoms with Gasteiger partial charge in [-0.2, -0.15) is 0 Å². The first-order valence-electron chi connectivity index (χ1n) is 9.46. The molecule has 0 unspecified atom stereocenters. The maximum Gasteiger partial charge on any atom is 0.253 e. The van der Waals surface area contributed by atoms with Crippen LogP contribution < -0.4 is 16.1 Å². The van der Waals surface area contributed by atoms with E-state index in [1.807, 2.05) is 60.7 Å². The van der Waals surface area contributed by atoms with Gasteiger partial charge in [0, 0.05) is 6.54 Å². The van der Waals surface area contributed by atoms with Crippen LogP contribution >= 0.6 is 0 Å². The van der Waals surface area contributed by atoms with E-state index in [9.17, 15) is 9.59 Å². The van der Waals surface area contributed by atoms with Crippen molar-refractivity contribution in [3.05, 3.63) is 108 Å². The molecule has 6 nitrogen and oxygen atoms in total. The average Bonchev–Trinajstić information content (AvgIpc) is 2.79. The van der Waals surface area contributed by atoms with Crippen molar-refractivity contribution in [3.63, 3.8) is 0 Å². The van der Waals surface area contributed by atoms with Crippen LogP contribution in [0.5, 0.6) is 0 Å². The van der Waals surface area contributed by atoms with Gasteiger partial charge in [0.15, 0.2) is 6.61 Å². The fraction of sp³-hybridized carbons (Fsp3) is 0.0833. The van der Waals surface area contributed by atoms with E-state index in [4.69, 9.17) is 4.84 Å². The van der Waals surface area contributed by atoms with Gasteiger partial charge in [-0.15, -0.1) is 0 Å². The smallest absolute Gasteiger partial charge is 0.253 e. The third-order valence-electron chi connectivity index (χ3n) is 4.26. The zero-order valence-electron chi connectivity index (χ0n) is 16.4. The summed E-state index contributed by atoms with van der Waals surface area (Å²) >= 11 is 0. The van der Waals surface area contributed by atoms with Crippen molar-refractivity contribution in [2.75, 3.05) is 11.9 Å². The number of hydrogen-bond acceptors (Lipinski definition) is 4. The summed E-state index contributed by atoms with van der Waals surface area (Å²) in [4.78, 5) is 30.0. The Morgan fingerprint density at radius 2 is 1.47 bits per heavy atom. The molecule has 0 aliphatic heterocycles. The highest BCUT2D eigenvalue weighted by Gasteiger charge is 2.13. The molecule has 3 rings (SSSR count). The van der Waals surface area contributed by atoms with E-state index in [0.717, 1.165) is 11.1 Å². The van der Waals surface area contributed by atoms with Crippen molar-refractivity contribution in [2.24, 2.45) is 0 Å². The van der Waals surface area contributed by atoms with Gasteiger partial charge in [-0.1, -0.05) is 79.4 Å². The molecule has 152 valence electrons. The molecule has 0 spiro atoms. The quantitative estimate of drug-likeness (QED) is 0.477. The number of carbonyl (C=O) groups excluding carboxylic acids is 2. The molecule has 3 aromatic carbocycles. The minimum absolute atomic E-state index is 0.244. The Kier molecular flexibility index (Phi) is 7.35. The summed E-state index contributed by atoms with van der Waals surface area (Å²) in [6, 6.07) is 25.9. The van der Waals surface area contributed by atoms with Crippen LogP contribution in [0.15, 0.2) is 91.5 Å². The number of carbonyl (C=O) groups is 2. The fourth-order valence-corrected chi connectivity index (χ4v) is 2.74. The Balaban J connectivity index is 1.51. The molecule has 0 fully saturated rings. The predicted octanol–water partition coefficient (Wildman–Crippen LogP) is 3.75. The van der Waals surface area contributed by atoms with E-state index in [0.29, 0.717) is 23.5 Å². The van der Waals surface area contributed by atoms with Gasteiger partial charge >= 0.3 is 0 Å². The lowest BCUT2D eigenvalue weighted by Crippen LogP contribution is -2.27. The van der Waals surface area contributed by atoms with Crippen LogP contribution in [-0.4, -0.2) is 18.4 Å². The van der Waals surface area contributed by atoms with Gasteiger partial charge in [0.25, 0.3) is 11.8 Å². The van der Waals surface area contributed by atoms with Crippen LogP contribution in [0, 0.1) is 0 Å². The lowest BCUT2D eigenvalue weighted by molar-refractivity contribution is -0.122. The molecule has 0 heterocycles. The molecular formula is C24H23N3O3. The largest absolute Gasteiger partial charge is 0.348 e. The van der Waals surface area contributed by atoms with Crippen molar-refractivity contribution in [2.45, 2.75) is 6.54 Å². The standard InChI is InChI=1S/C24H23N3O3/c1-18(20-12-6-3-7-13-20)27-30-17-23(28)26-22-15-9-8-14-21(22)24(29)25-16-19-10-4-2-5-11-19/h2-15,27H,1,16-17H2,(H,25,29)(H,26,28). The van der Waals surface area contributed by atoms with Crippen molar-refractivity contribution < 1.29 is 14.4 Å². The Morgan fingerprint density at radius 1 is 0.833 bits per heavy atom. The van der Waals surface area contributed by atoms with Gasteiger partial charge in [-0.25, -0.2) is 0 Å². The maximum absolute atomic E-state index is 12.6. The van der Waals surface area contributed by atoms with Crippen molar-refractivity contribution in [1.82, 2.24) is 10.8 Å². The summed E-state index contributed by atoms with van der Waals surface area (Å²) in [7, 11) is 0. The Labute approximate surface area is 175 Å². The molecule has 6 heteroatoms. The maximum atomic E-state index is 12.6. The molecule has 3 N–H and O–H groups in total. The predicted molar refractivity (Wildman–Crippen MR) is 117 cm³/mol. The summed E-state index contributed by atoms with van der Waals surface area (Å²) < 4.78 is 0. The second-order valence-electron chi connectivity index (χ2n) is 6.50. The topological polar surface area (TPSA) is 79.5 Å². The van der Waals surface area contributed by atoms with E-state index in [1.54, 1.807) is 24.3 Å². The number of hydroxylamine groups is 1. The second-order valence-corrected chi connectivity index (χ2v) is 6.50. The number of anilines is 1. The molecule has 0 aromatic heterocycles. The van der Waals surface area contributed by atoms with Gasteiger partial charge < -0.3 is 10.6 Å². The second kappa shape index (κ2) is 10.6. The van der Waals surface area contributed by atoms with Crippen molar-refractivity contribution in [3.8, 4) is 0 Å². The van der Waals surface area contributed by atoms with Gasteiger partial charge in [0.2, 0.25) is 0 Å². The number of amides is 2. The molecular weight excluding hydrogens is 378 g/mol. The zero-order valence-corrected chi connectivity index (χ0v) is 16.4. The molecule has 2 amide bonds. The summed E-state index contributed by atoms with van der Waals surface area (Å²) in [5, 5.41) is 5.57. The summed E-state index contributed by atoms with van der Waals surface area (Å²) in [5.74, 6) is -0.669. The molecule has 0 saturated carbocycles. The lowest BCUT2D eigenvalue weighted by Gasteiger charge is -2.13.